The smallest absolute Gasteiger partial charge is 0.322 e. The molecule has 0 spiro atoms. The van der Waals surface area contributed by atoms with Crippen LogP contribution in [-0.2, 0) is 6.54 Å². The SMILES string of the molecule is COc1cccc(NC(=O)N2CCn3cccc3[C@H]2c2ccccc2)c1OC. The van der Waals surface area contributed by atoms with Crippen LogP contribution in [0.5, 0.6) is 11.5 Å². The second-order valence-electron chi connectivity index (χ2n) is 6.60. The lowest BCUT2D eigenvalue weighted by atomic mass is 10.0. The van der Waals surface area contributed by atoms with E-state index in [1.807, 2.05) is 41.3 Å². The van der Waals surface area contributed by atoms with Gasteiger partial charge in [-0.1, -0.05) is 36.4 Å². The number of urea groups is 1. The van der Waals surface area contributed by atoms with Gasteiger partial charge in [-0.15, -0.1) is 0 Å². The lowest BCUT2D eigenvalue weighted by molar-refractivity contribution is 0.181. The van der Waals surface area contributed by atoms with Crippen molar-refractivity contribution >= 4 is 11.7 Å². The van der Waals surface area contributed by atoms with Gasteiger partial charge in [-0.05, 0) is 29.8 Å². The molecule has 0 aliphatic carbocycles. The number of hydrogen-bond donors (Lipinski definition) is 1. The summed E-state index contributed by atoms with van der Waals surface area (Å²) in [5.74, 6) is 1.09. The van der Waals surface area contributed by atoms with Crippen LogP contribution in [0, 0.1) is 0 Å². The molecular weight excluding hydrogens is 354 g/mol. The number of benzene rings is 2. The molecule has 1 aliphatic heterocycles. The minimum absolute atomic E-state index is 0.151. The van der Waals surface area contributed by atoms with Gasteiger partial charge in [0.2, 0.25) is 0 Å². The number of nitrogens with one attached hydrogen (secondary N) is 1. The van der Waals surface area contributed by atoms with Gasteiger partial charge in [-0.25, -0.2) is 4.79 Å². The van der Waals surface area contributed by atoms with Gasteiger partial charge in [-0.3, -0.25) is 0 Å². The maximum absolute atomic E-state index is 13.3. The van der Waals surface area contributed by atoms with Gasteiger partial charge < -0.3 is 24.3 Å². The van der Waals surface area contributed by atoms with Gasteiger partial charge in [0.05, 0.1) is 25.9 Å². The van der Waals surface area contributed by atoms with Crippen molar-refractivity contribution in [1.29, 1.82) is 0 Å². The Morgan fingerprint density at radius 1 is 0.964 bits per heavy atom. The molecule has 3 aromatic rings. The van der Waals surface area contributed by atoms with Gasteiger partial charge in [0.1, 0.15) is 0 Å². The van der Waals surface area contributed by atoms with Crippen molar-refractivity contribution < 1.29 is 14.3 Å². The first-order chi connectivity index (χ1) is 13.7. The summed E-state index contributed by atoms with van der Waals surface area (Å²) in [6, 6.07) is 19.3. The van der Waals surface area contributed by atoms with Crippen molar-refractivity contribution in [1.82, 2.24) is 9.47 Å². The van der Waals surface area contributed by atoms with E-state index in [4.69, 9.17) is 9.47 Å². The third-order valence-corrected chi connectivity index (χ3v) is 5.06. The van der Waals surface area contributed by atoms with Gasteiger partial charge in [-0.2, -0.15) is 0 Å². The molecule has 4 rings (SSSR count). The van der Waals surface area contributed by atoms with Crippen molar-refractivity contribution in [2.75, 3.05) is 26.1 Å². The van der Waals surface area contributed by atoms with E-state index in [-0.39, 0.29) is 12.1 Å². The predicted molar refractivity (Wildman–Crippen MR) is 108 cm³/mol. The second kappa shape index (κ2) is 7.68. The van der Waals surface area contributed by atoms with E-state index in [1.54, 1.807) is 20.3 Å². The number of amides is 2. The number of anilines is 1. The van der Waals surface area contributed by atoms with Crippen molar-refractivity contribution in [3.8, 4) is 11.5 Å². The van der Waals surface area contributed by atoms with Crippen molar-refractivity contribution in [3.05, 3.63) is 78.1 Å². The molecule has 1 atom stereocenters. The van der Waals surface area contributed by atoms with Crippen molar-refractivity contribution in [3.63, 3.8) is 0 Å². The topological polar surface area (TPSA) is 55.7 Å². The predicted octanol–water partition coefficient (Wildman–Crippen LogP) is 4.14. The van der Waals surface area contributed by atoms with E-state index < -0.39 is 0 Å². The first kappa shape index (κ1) is 18.0. The number of methoxy groups -OCH3 is 2. The largest absolute Gasteiger partial charge is 0.493 e. The summed E-state index contributed by atoms with van der Waals surface area (Å²) in [6.45, 7) is 1.37. The van der Waals surface area contributed by atoms with E-state index in [2.05, 4.69) is 34.3 Å². The number of fused-ring (bicyclic) bond motifs is 1. The molecule has 1 aliphatic rings. The van der Waals surface area contributed by atoms with E-state index in [0.717, 1.165) is 17.8 Å². The summed E-state index contributed by atoms with van der Waals surface area (Å²) in [4.78, 5) is 15.1. The molecule has 0 radical (unpaired) electrons. The van der Waals surface area contributed by atoms with Gasteiger partial charge in [0.15, 0.2) is 11.5 Å². The summed E-state index contributed by atoms with van der Waals surface area (Å²) >= 11 is 0. The number of ether oxygens (including phenoxy) is 2. The molecule has 0 saturated heterocycles. The highest BCUT2D eigenvalue weighted by molar-refractivity contribution is 5.92. The Bertz CT molecular complexity index is 968. The Morgan fingerprint density at radius 3 is 2.54 bits per heavy atom. The summed E-state index contributed by atoms with van der Waals surface area (Å²) in [6.07, 6.45) is 2.06. The molecular formula is C22H23N3O3. The normalized spacial score (nSPS) is 15.6. The Kier molecular flexibility index (Phi) is 4.93. The van der Waals surface area contributed by atoms with Crippen LogP contribution in [0.2, 0.25) is 0 Å². The van der Waals surface area contributed by atoms with E-state index in [0.29, 0.717) is 23.7 Å². The number of carbonyl (C=O) groups excluding carboxylic acids is 1. The molecule has 2 heterocycles. The summed E-state index contributed by atoms with van der Waals surface area (Å²) in [5.41, 5.74) is 2.76. The lowest BCUT2D eigenvalue weighted by Crippen LogP contribution is -2.44. The van der Waals surface area contributed by atoms with Crippen LogP contribution in [0.3, 0.4) is 0 Å². The van der Waals surface area contributed by atoms with Crippen molar-refractivity contribution in [2.45, 2.75) is 12.6 Å². The van der Waals surface area contributed by atoms with Gasteiger partial charge in [0.25, 0.3) is 0 Å². The minimum Gasteiger partial charge on any atom is -0.493 e. The van der Waals surface area contributed by atoms with Gasteiger partial charge >= 0.3 is 6.03 Å². The third kappa shape index (κ3) is 3.17. The zero-order chi connectivity index (χ0) is 19.5. The number of hydrogen-bond acceptors (Lipinski definition) is 3. The molecule has 0 bridgehead atoms. The molecule has 0 unspecified atom stereocenters. The van der Waals surface area contributed by atoms with Crippen LogP contribution in [0.4, 0.5) is 10.5 Å². The summed E-state index contributed by atoms with van der Waals surface area (Å²) in [7, 11) is 3.14. The van der Waals surface area contributed by atoms with Crippen LogP contribution in [0.15, 0.2) is 66.9 Å². The van der Waals surface area contributed by atoms with Crippen LogP contribution >= 0.6 is 0 Å². The number of carbonyl (C=O) groups is 1. The molecule has 2 amide bonds. The number of rotatable bonds is 4. The molecule has 0 fully saturated rings. The fourth-order valence-electron chi connectivity index (χ4n) is 3.76. The minimum atomic E-state index is -0.173. The number of aromatic nitrogens is 1. The lowest BCUT2D eigenvalue weighted by Gasteiger charge is -2.37. The standard InChI is InChI=1S/C22H23N3O3/c1-27-19-12-6-10-17(21(19)28-2)23-22(26)25-15-14-24-13-7-11-18(24)20(25)16-8-4-3-5-9-16/h3-13,20H,14-15H2,1-2H3,(H,23,26)/t20-/m1/s1. The Balaban J connectivity index is 1.67. The second-order valence-corrected chi connectivity index (χ2v) is 6.60. The average Bonchev–Trinajstić information content (AvgIpc) is 3.22. The van der Waals surface area contributed by atoms with Crippen molar-refractivity contribution in [2.24, 2.45) is 0 Å². The van der Waals surface area contributed by atoms with E-state index >= 15 is 0 Å². The summed E-state index contributed by atoms with van der Waals surface area (Å²) in [5, 5.41) is 3.00. The van der Waals surface area contributed by atoms with Crippen LogP contribution in [0.25, 0.3) is 0 Å². The molecule has 1 N–H and O–H groups in total. The maximum atomic E-state index is 13.3. The quantitative estimate of drug-likeness (QED) is 0.743. The number of para-hydroxylation sites is 1. The molecule has 6 heteroatoms. The van der Waals surface area contributed by atoms with E-state index in [1.165, 1.54) is 0 Å². The zero-order valence-corrected chi connectivity index (χ0v) is 16.0. The highest BCUT2D eigenvalue weighted by atomic mass is 16.5. The molecule has 2 aromatic carbocycles. The summed E-state index contributed by atoms with van der Waals surface area (Å²) < 4.78 is 13.0. The maximum Gasteiger partial charge on any atom is 0.322 e. The van der Waals surface area contributed by atoms with Crippen LogP contribution in [0.1, 0.15) is 17.3 Å². The highest BCUT2D eigenvalue weighted by Crippen LogP contribution is 2.36. The first-order valence-electron chi connectivity index (χ1n) is 9.21. The first-order valence-corrected chi connectivity index (χ1v) is 9.21. The number of nitrogens with zero attached hydrogens (tertiary/aromatic N) is 2. The van der Waals surface area contributed by atoms with Gasteiger partial charge in [0, 0.05) is 25.0 Å². The van der Waals surface area contributed by atoms with Crippen LogP contribution < -0.4 is 14.8 Å². The zero-order valence-electron chi connectivity index (χ0n) is 16.0. The molecule has 6 nitrogen and oxygen atoms in total. The Hall–Kier alpha value is -3.41. The Morgan fingerprint density at radius 2 is 1.79 bits per heavy atom. The fraction of sp³-hybridized carbons (Fsp3) is 0.227. The molecule has 1 aromatic heterocycles. The highest BCUT2D eigenvalue weighted by Gasteiger charge is 2.32. The Labute approximate surface area is 164 Å². The molecule has 144 valence electrons. The van der Waals surface area contributed by atoms with E-state index in [9.17, 15) is 4.79 Å². The van der Waals surface area contributed by atoms with Crippen LogP contribution in [-0.4, -0.2) is 36.3 Å². The third-order valence-electron chi connectivity index (χ3n) is 5.06. The molecule has 0 saturated carbocycles. The fourth-order valence-corrected chi connectivity index (χ4v) is 3.76. The average molecular weight is 377 g/mol. The molecule has 28 heavy (non-hydrogen) atoms. The monoisotopic (exact) mass is 377 g/mol.